The van der Waals surface area contributed by atoms with Crippen LogP contribution in [-0.2, 0) is 6.54 Å². The molecule has 1 atom stereocenters. The van der Waals surface area contributed by atoms with Crippen LogP contribution in [0.4, 0.5) is 8.78 Å². The number of nitrogens with one attached hydrogen (secondary N) is 1. The Morgan fingerprint density at radius 1 is 1.32 bits per heavy atom. The molecule has 120 valence electrons. The van der Waals surface area contributed by atoms with Gasteiger partial charge < -0.3 is 19.9 Å². The molecule has 0 radical (unpaired) electrons. The van der Waals surface area contributed by atoms with Gasteiger partial charge in [0.15, 0.2) is 11.5 Å². The van der Waals surface area contributed by atoms with Crippen LogP contribution in [0.5, 0.6) is 11.5 Å². The summed E-state index contributed by atoms with van der Waals surface area (Å²) in [5.41, 5.74) is 1.37. The number of aliphatic hydroxyl groups is 1. The van der Waals surface area contributed by atoms with Crippen molar-refractivity contribution in [2.75, 3.05) is 13.7 Å². The van der Waals surface area contributed by atoms with Crippen molar-refractivity contribution in [2.45, 2.75) is 19.3 Å². The van der Waals surface area contributed by atoms with Gasteiger partial charge in [0.2, 0.25) is 0 Å². The fourth-order valence-corrected chi connectivity index (χ4v) is 2.72. The number of benzene rings is 1. The zero-order valence-electron chi connectivity index (χ0n) is 12.0. The second-order valence-electron chi connectivity index (χ2n) is 4.53. The van der Waals surface area contributed by atoms with E-state index in [-0.39, 0.29) is 18.0 Å². The van der Waals surface area contributed by atoms with Gasteiger partial charge in [-0.05, 0) is 28.5 Å². The highest BCUT2D eigenvalue weighted by Gasteiger charge is 2.15. The van der Waals surface area contributed by atoms with Gasteiger partial charge in [0.05, 0.1) is 13.2 Å². The van der Waals surface area contributed by atoms with E-state index in [0.29, 0.717) is 12.1 Å². The standard InChI is InChI=1S/C15H17F2NO3S/c1-20-13-4-2-3-10(14(13)21-15(16)17)7-18-8-12(19)11-5-6-22-9-11/h2-6,9,12,15,18-19H,7-8H2,1H3. The van der Waals surface area contributed by atoms with Crippen molar-refractivity contribution < 1.29 is 23.4 Å². The molecule has 0 spiro atoms. The number of thiophene rings is 1. The molecule has 0 saturated carbocycles. The highest BCUT2D eigenvalue weighted by Crippen LogP contribution is 2.32. The first kappa shape index (κ1) is 16.7. The van der Waals surface area contributed by atoms with Crippen molar-refractivity contribution in [1.29, 1.82) is 0 Å². The molecule has 0 aliphatic rings. The first-order valence-electron chi connectivity index (χ1n) is 6.63. The quantitative estimate of drug-likeness (QED) is 0.781. The Labute approximate surface area is 131 Å². The average molecular weight is 329 g/mol. The van der Waals surface area contributed by atoms with Gasteiger partial charge in [-0.25, -0.2) is 0 Å². The van der Waals surface area contributed by atoms with Gasteiger partial charge in [0.25, 0.3) is 0 Å². The van der Waals surface area contributed by atoms with Gasteiger partial charge in [0, 0.05) is 18.7 Å². The molecular weight excluding hydrogens is 312 g/mol. The molecule has 1 aromatic heterocycles. The summed E-state index contributed by atoms with van der Waals surface area (Å²) < 4.78 is 34.6. The first-order valence-corrected chi connectivity index (χ1v) is 7.57. The maximum Gasteiger partial charge on any atom is 0.387 e. The Hall–Kier alpha value is -1.70. The number of halogens is 2. The van der Waals surface area contributed by atoms with Crippen LogP contribution in [0, 0.1) is 0 Å². The first-order chi connectivity index (χ1) is 10.6. The third-order valence-electron chi connectivity index (χ3n) is 3.07. The summed E-state index contributed by atoms with van der Waals surface area (Å²) in [6.07, 6.45) is -0.642. The number of aliphatic hydroxyl groups excluding tert-OH is 1. The fraction of sp³-hybridized carbons (Fsp3) is 0.333. The molecule has 1 unspecified atom stereocenters. The lowest BCUT2D eigenvalue weighted by atomic mass is 10.1. The zero-order chi connectivity index (χ0) is 15.9. The van der Waals surface area contributed by atoms with Crippen molar-refractivity contribution >= 4 is 11.3 Å². The van der Waals surface area contributed by atoms with E-state index in [2.05, 4.69) is 10.1 Å². The minimum absolute atomic E-state index is 0.0116. The van der Waals surface area contributed by atoms with Crippen molar-refractivity contribution in [3.05, 3.63) is 46.2 Å². The van der Waals surface area contributed by atoms with Crippen LogP contribution in [0.3, 0.4) is 0 Å². The number of hydrogen-bond acceptors (Lipinski definition) is 5. The Balaban J connectivity index is 1.99. The molecule has 0 amide bonds. The van der Waals surface area contributed by atoms with Gasteiger partial charge in [-0.15, -0.1) is 0 Å². The molecule has 0 saturated heterocycles. The summed E-state index contributed by atoms with van der Waals surface area (Å²) >= 11 is 1.50. The summed E-state index contributed by atoms with van der Waals surface area (Å²) in [6, 6.07) is 6.77. The summed E-state index contributed by atoms with van der Waals surface area (Å²) in [6.45, 7) is -2.34. The van der Waals surface area contributed by atoms with Crippen LogP contribution < -0.4 is 14.8 Å². The third kappa shape index (κ3) is 4.40. The average Bonchev–Trinajstić information content (AvgIpc) is 3.02. The number of rotatable bonds is 8. The predicted octanol–water partition coefficient (Wildman–Crippen LogP) is 3.18. The number of methoxy groups -OCH3 is 1. The summed E-state index contributed by atoms with van der Waals surface area (Å²) in [4.78, 5) is 0. The molecule has 2 aromatic rings. The third-order valence-corrected chi connectivity index (χ3v) is 3.77. The van der Waals surface area contributed by atoms with Gasteiger partial charge in [-0.1, -0.05) is 12.1 Å². The van der Waals surface area contributed by atoms with E-state index >= 15 is 0 Å². The SMILES string of the molecule is COc1cccc(CNCC(O)c2ccsc2)c1OC(F)F. The molecule has 4 nitrogen and oxygen atoms in total. The van der Waals surface area contributed by atoms with Crippen LogP contribution in [0.1, 0.15) is 17.2 Å². The zero-order valence-corrected chi connectivity index (χ0v) is 12.8. The van der Waals surface area contributed by atoms with Gasteiger partial charge in [0.1, 0.15) is 0 Å². The highest BCUT2D eigenvalue weighted by atomic mass is 32.1. The second-order valence-corrected chi connectivity index (χ2v) is 5.31. The normalized spacial score (nSPS) is 12.4. The predicted molar refractivity (Wildman–Crippen MR) is 80.6 cm³/mol. The van der Waals surface area contributed by atoms with E-state index in [1.165, 1.54) is 18.4 Å². The number of para-hydroxylation sites is 1. The van der Waals surface area contributed by atoms with E-state index in [1.54, 1.807) is 18.2 Å². The topological polar surface area (TPSA) is 50.7 Å². The Kier molecular flexibility index (Phi) is 6.11. The molecule has 7 heteroatoms. The van der Waals surface area contributed by atoms with Gasteiger partial charge in [-0.3, -0.25) is 0 Å². The Morgan fingerprint density at radius 3 is 2.77 bits per heavy atom. The van der Waals surface area contributed by atoms with E-state index < -0.39 is 12.7 Å². The molecule has 0 aliphatic carbocycles. The molecule has 1 heterocycles. The van der Waals surface area contributed by atoms with Gasteiger partial charge in [-0.2, -0.15) is 20.1 Å². The molecule has 0 fully saturated rings. The van der Waals surface area contributed by atoms with Crippen molar-refractivity contribution in [3.8, 4) is 11.5 Å². The van der Waals surface area contributed by atoms with E-state index in [9.17, 15) is 13.9 Å². The lowest BCUT2D eigenvalue weighted by Gasteiger charge is -2.16. The van der Waals surface area contributed by atoms with Crippen LogP contribution in [0.25, 0.3) is 0 Å². The number of hydrogen-bond donors (Lipinski definition) is 2. The lowest BCUT2D eigenvalue weighted by molar-refractivity contribution is -0.0519. The highest BCUT2D eigenvalue weighted by molar-refractivity contribution is 7.07. The Bertz CT molecular complexity index is 578. The van der Waals surface area contributed by atoms with Crippen LogP contribution in [-0.4, -0.2) is 25.4 Å². The second kappa shape index (κ2) is 8.07. The van der Waals surface area contributed by atoms with Crippen LogP contribution in [0.15, 0.2) is 35.0 Å². The smallest absolute Gasteiger partial charge is 0.387 e. The van der Waals surface area contributed by atoms with Crippen molar-refractivity contribution in [2.24, 2.45) is 0 Å². The molecule has 2 N–H and O–H groups in total. The van der Waals surface area contributed by atoms with E-state index in [4.69, 9.17) is 4.74 Å². The minimum atomic E-state index is -2.92. The largest absolute Gasteiger partial charge is 0.493 e. The summed E-state index contributed by atoms with van der Waals surface area (Å²) in [5.74, 6) is 0.260. The van der Waals surface area contributed by atoms with E-state index in [1.807, 2.05) is 16.8 Å². The molecular formula is C15H17F2NO3S. The molecule has 0 aliphatic heterocycles. The van der Waals surface area contributed by atoms with E-state index in [0.717, 1.165) is 5.56 Å². The molecule has 1 aromatic carbocycles. The Morgan fingerprint density at radius 2 is 2.14 bits per heavy atom. The monoisotopic (exact) mass is 329 g/mol. The molecule has 22 heavy (non-hydrogen) atoms. The minimum Gasteiger partial charge on any atom is -0.493 e. The van der Waals surface area contributed by atoms with Crippen LogP contribution >= 0.6 is 11.3 Å². The lowest BCUT2D eigenvalue weighted by Crippen LogP contribution is -2.21. The number of ether oxygens (including phenoxy) is 2. The maximum atomic E-state index is 12.5. The fourth-order valence-electron chi connectivity index (χ4n) is 2.01. The molecule has 0 bridgehead atoms. The number of alkyl halides is 2. The summed E-state index contributed by atoms with van der Waals surface area (Å²) in [7, 11) is 1.39. The maximum absolute atomic E-state index is 12.5. The molecule has 2 rings (SSSR count). The van der Waals surface area contributed by atoms with Crippen LogP contribution in [0.2, 0.25) is 0 Å². The summed E-state index contributed by atoms with van der Waals surface area (Å²) in [5, 5.41) is 16.7. The van der Waals surface area contributed by atoms with Crippen molar-refractivity contribution in [3.63, 3.8) is 0 Å². The van der Waals surface area contributed by atoms with Crippen molar-refractivity contribution in [1.82, 2.24) is 5.32 Å². The van der Waals surface area contributed by atoms with Gasteiger partial charge >= 0.3 is 6.61 Å².